The van der Waals surface area contributed by atoms with Crippen LogP contribution in [0.5, 0.6) is 0 Å². The number of hydrogen-bond donors (Lipinski definition) is 2. The fraction of sp³-hybridized carbons (Fsp3) is 0.588. The zero-order valence-electron chi connectivity index (χ0n) is 13.6. The summed E-state index contributed by atoms with van der Waals surface area (Å²) in [5, 5.41) is 8.69. The Morgan fingerprint density at radius 3 is 2.68 bits per heavy atom. The molecule has 0 radical (unpaired) electrons. The van der Waals surface area contributed by atoms with Crippen LogP contribution in [0.2, 0.25) is 0 Å². The van der Waals surface area contributed by atoms with E-state index in [2.05, 4.69) is 4.90 Å². The molecule has 0 atom stereocenters. The summed E-state index contributed by atoms with van der Waals surface area (Å²) in [5.74, 6) is -1.17. The highest BCUT2D eigenvalue weighted by atomic mass is 19.3. The minimum atomic E-state index is -2.37. The molecule has 2 N–H and O–H groups in total. The summed E-state index contributed by atoms with van der Waals surface area (Å²) in [6, 6.07) is 3.08. The van der Waals surface area contributed by atoms with Gasteiger partial charge in [-0.05, 0) is 42.4 Å². The van der Waals surface area contributed by atoms with Gasteiger partial charge in [-0.15, -0.1) is 0 Å². The summed E-state index contributed by atoms with van der Waals surface area (Å²) >= 11 is 0. The first-order chi connectivity index (χ1) is 11.9. The van der Waals surface area contributed by atoms with Crippen molar-refractivity contribution in [2.24, 2.45) is 5.41 Å². The summed E-state index contributed by atoms with van der Waals surface area (Å²) in [5.41, 5.74) is 3.03. The van der Waals surface area contributed by atoms with Crippen LogP contribution in [0.15, 0.2) is 12.1 Å². The van der Waals surface area contributed by atoms with E-state index in [0.29, 0.717) is 37.7 Å². The van der Waals surface area contributed by atoms with E-state index < -0.39 is 18.3 Å². The maximum atomic E-state index is 14.4. The number of hydrogen-bond acceptors (Lipinski definition) is 4. The maximum Gasteiger partial charge on any atom is 0.294 e. The molecule has 0 bridgehead atoms. The van der Waals surface area contributed by atoms with Crippen molar-refractivity contribution in [1.82, 2.24) is 15.3 Å². The Morgan fingerprint density at radius 1 is 1.32 bits per heavy atom. The zero-order chi connectivity index (χ0) is 17.8. The smallest absolute Gasteiger partial charge is 0.294 e. The van der Waals surface area contributed by atoms with E-state index in [0.717, 1.165) is 31.0 Å². The SMILES string of the molecule is O=C(NO)c1cc(F)c2c(c1)CCN(C1CC3(C1)CN(C(F)F)C3)C2. The highest BCUT2D eigenvalue weighted by Gasteiger charge is 2.55. The van der Waals surface area contributed by atoms with E-state index in [1.54, 1.807) is 6.07 Å². The molecule has 0 aromatic heterocycles. The molecule has 0 unspecified atom stereocenters. The fourth-order valence-corrected chi connectivity index (χ4v) is 4.56. The molecule has 3 aliphatic rings. The molecule has 2 aliphatic heterocycles. The van der Waals surface area contributed by atoms with Gasteiger partial charge in [-0.25, -0.2) is 14.8 Å². The molecular formula is C17H20F3N3O2. The molecule has 1 aromatic carbocycles. The lowest BCUT2D eigenvalue weighted by atomic mass is 9.60. The van der Waals surface area contributed by atoms with Gasteiger partial charge in [0.2, 0.25) is 0 Å². The first-order valence-corrected chi connectivity index (χ1v) is 8.43. The number of nitrogens with zero attached hydrogens (tertiary/aromatic N) is 2. The van der Waals surface area contributed by atoms with Crippen molar-refractivity contribution in [2.45, 2.75) is 38.4 Å². The largest absolute Gasteiger partial charge is 0.296 e. The molecule has 1 aromatic rings. The Bertz CT molecular complexity index is 699. The van der Waals surface area contributed by atoms with Gasteiger partial charge in [0, 0.05) is 43.3 Å². The van der Waals surface area contributed by atoms with Gasteiger partial charge in [0.15, 0.2) is 0 Å². The summed E-state index contributed by atoms with van der Waals surface area (Å²) in [6.07, 6.45) is 2.40. The van der Waals surface area contributed by atoms with Crippen LogP contribution in [0.1, 0.15) is 34.3 Å². The van der Waals surface area contributed by atoms with Crippen molar-refractivity contribution in [3.63, 3.8) is 0 Å². The van der Waals surface area contributed by atoms with Gasteiger partial charge in [-0.3, -0.25) is 14.9 Å². The standard InChI is InChI=1S/C17H20F3N3O2/c18-14-4-11(15(24)21-25)3-10-1-2-22(7-13(10)14)12-5-17(6-12)8-23(9-17)16(19)20/h3-4,12,16,25H,1-2,5-9H2,(H,21,24). The maximum absolute atomic E-state index is 14.4. The number of carbonyl (C=O) groups is 1. The van der Waals surface area contributed by atoms with Crippen LogP contribution in [-0.2, 0) is 13.0 Å². The van der Waals surface area contributed by atoms with Crippen molar-refractivity contribution in [2.75, 3.05) is 19.6 Å². The summed E-state index contributed by atoms with van der Waals surface area (Å²) < 4.78 is 39.6. The first-order valence-electron chi connectivity index (χ1n) is 8.43. The van der Waals surface area contributed by atoms with Crippen LogP contribution in [-0.4, -0.2) is 53.1 Å². The molecule has 2 heterocycles. The highest BCUT2D eigenvalue weighted by Crippen LogP contribution is 2.51. The zero-order valence-corrected chi connectivity index (χ0v) is 13.6. The molecule has 2 fully saturated rings. The molecular weight excluding hydrogens is 335 g/mol. The second-order valence-corrected chi connectivity index (χ2v) is 7.50. The predicted octanol–water partition coefficient (Wildman–Crippen LogP) is 1.99. The third-order valence-electron chi connectivity index (χ3n) is 5.89. The molecule has 4 rings (SSSR count). The number of likely N-dealkylation sites (tertiary alicyclic amines) is 1. The first kappa shape index (κ1) is 16.8. The van der Waals surface area contributed by atoms with E-state index in [1.807, 2.05) is 0 Å². The number of amides is 1. The Kier molecular flexibility index (Phi) is 4.01. The Morgan fingerprint density at radius 2 is 2.04 bits per heavy atom. The van der Waals surface area contributed by atoms with Gasteiger partial charge in [0.25, 0.3) is 12.5 Å². The molecule has 5 nitrogen and oxygen atoms in total. The van der Waals surface area contributed by atoms with E-state index in [-0.39, 0.29) is 11.0 Å². The highest BCUT2D eigenvalue weighted by molar-refractivity contribution is 5.93. The molecule has 1 aliphatic carbocycles. The van der Waals surface area contributed by atoms with E-state index in [4.69, 9.17) is 5.21 Å². The van der Waals surface area contributed by atoms with Crippen LogP contribution < -0.4 is 5.48 Å². The normalized spacial score (nSPS) is 23.2. The van der Waals surface area contributed by atoms with Crippen molar-refractivity contribution in [3.8, 4) is 0 Å². The van der Waals surface area contributed by atoms with Crippen LogP contribution in [0, 0.1) is 11.2 Å². The van der Waals surface area contributed by atoms with E-state index >= 15 is 0 Å². The van der Waals surface area contributed by atoms with Gasteiger partial charge in [-0.2, -0.15) is 8.78 Å². The van der Waals surface area contributed by atoms with E-state index in [1.165, 1.54) is 10.4 Å². The summed E-state index contributed by atoms with van der Waals surface area (Å²) in [7, 11) is 0. The van der Waals surface area contributed by atoms with Crippen LogP contribution in [0.3, 0.4) is 0 Å². The van der Waals surface area contributed by atoms with Crippen molar-refractivity contribution in [3.05, 3.63) is 34.6 Å². The van der Waals surface area contributed by atoms with Crippen molar-refractivity contribution in [1.29, 1.82) is 0 Å². The lowest BCUT2D eigenvalue weighted by Crippen LogP contribution is -2.67. The van der Waals surface area contributed by atoms with Gasteiger partial charge in [0.05, 0.1) is 0 Å². The second kappa shape index (κ2) is 5.96. The number of hydroxylamine groups is 1. The minimum Gasteiger partial charge on any atom is -0.296 e. The van der Waals surface area contributed by atoms with Gasteiger partial charge >= 0.3 is 0 Å². The number of carbonyl (C=O) groups excluding carboxylic acids is 1. The molecule has 1 saturated heterocycles. The van der Waals surface area contributed by atoms with E-state index in [9.17, 15) is 18.0 Å². The quantitative estimate of drug-likeness (QED) is 0.495. The number of nitrogens with one attached hydrogen (secondary N) is 1. The van der Waals surface area contributed by atoms with Gasteiger partial charge in [0.1, 0.15) is 5.82 Å². The lowest BCUT2D eigenvalue weighted by Gasteiger charge is -2.61. The molecule has 1 saturated carbocycles. The Balaban J connectivity index is 1.40. The Hall–Kier alpha value is -1.64. The third-order valence-corrected chi connectivity index (χ3v) is 5.89. The van der Waals surface area contributed by atoms with Crippen molar-refractivity contribution < 1.29 is 23.2 Å². The number of fused-ring (bicyclic) bond motifs is 1. The van der Waals surface area contributed by atoms with Crippen molar-refractivity contribution >= 4 is 5.91 Å². The predicted molar refractivity (Wildman–Crippen MR) is 82.8 cm³/mol. The van der Waals surface area contributed by atoms with Gasteiger partial charge < -0.3 is 0 Å². The third kappa shape index (κ3) is 2.82. The topological polar surface area (TPSA) is 55.8 Å². The summed E-state index contributed by atoms with van der Waals surface area (Å²) in [4.78, 5) is 14.9. The summed E-state index contributed by atoms with van der Waals surface area (Å²) in [6.45, 7) is -0.220. The number of benzene rings is 1. The number of rotatable bonds is 3. The van der Waals surface area contributed by atoms with Crippen LogP contribution in [0.25, 0.3) is 0 Å². The van der Waals surface area contributed by atoms with Gasteiger partial charge in [-0.1, -0.05) is 0 Å². The molecule has 25 heavy (non-hydrogen) atoms. The average Bonchev–Trinajstić information content (AvgIpc) is 2.51. The van der Waals surface area contributed by atoms with Crippen LogP contribution >= 0.6 is 0 Å². The second-order valence-electron chi connectivity index (χ2n) is 7.50. The minimum absolute atomic E-state index is 0.0307. The average molecular weight is 355 g/mol. The Labute approximate surface area is 143 Å². The fourth-order valence-electron chi connectivity index (χ4n) is 4.56. The molecule has 1 spiro atoms. The number of halogens is 3. The number of alkyl halides is 2. The van der Waals surface area contributed by atoms with Crippen LogP contribution in [0.4, 0.5) is 13.2 Å². The molecule has 1 amide bonds. The monoisotopic (exact) mass is 355 g/mol. The lowest BCUT2D eigenvalue weighted by molar-refractivity contribution is -0.180. The molecule has 136 valence electrons. The molecule has 8 heteroatoms.